The summed E-state index contributed by atoms with van der Waals surface area (Å²) < 4.78 is 13.2. The molecule has 3 heteroatoms. The van der Waals surface area contributed by atoms with Crippen LogP contribution >= 0.6 is 11.8 Å². The number of benzene rings is 3. The van der Waals surface area contributed by atoms with E-state index in [4.69, 9.17) is 5.73 Å². The maximum atomic E-state index is 13.2. The fraction of sp³-hybridized carbons (Fsp3) is 0.0588. The van der Waals surface area contributed by atoms with Gasteiger partial charge in [0.2, 0.25) is 0 Å². The third-order valence-electron chi connectivity index (χ3n) is 3.22. The van der Waals surface area contributed by atoms with Gasteiger partial charge in [-0.05, 0) is 46.7 Å². The van der Waals surface area contributed by atoms with Gasteiger partial charge in [-0.15, -0.1) is 11.8 Å². The topological polar surface area (TPSA) is 26.0 Å². The first-order valence-corrected chi connectivity index (χ1v) is 7.36. The number of fused-ring (bicyclic) bond motifs is 1. The molecule has 0 heterocycles. The molecule has 0 aliphatic rings. The van der Waals surface area contributed by atoms with Gasteiger partial charge in [-0.1, -0.05) is 30.3 Å². The van der Waals surface area contributed by atoms with Crippen molar-refractivity contribution in [1.82, 2.24) is 0 Å². The quantitative estimate of drug-likeness (QED) is 0.549. The molecular weight excluding hydrogens is 269 g/mol. The van der Waals surface area contributed by atoms with E-state index in [1.54, 1.807) is 17.8 Å². The second-order valence-electron chi connectivity index (χ2n) is 4.64. The highest BCUT2D eigenvalue weighted by Gasteiger charge is 2.03. The molecule has 0 spiro atoms. The minimum Gasteiger partial charge on any atom is -0.398 e. The minimum absolute atomic E-state index is 0.242. The van der Waals surface area contributed by atoms with Crippen LogP contribution in [0.1, 0.15) is 5.56 Å². The van der Waals surface area contributed by atoms with Crippen molar-refractivity contribution in [2.24, 2.45) is 0 Å². The lowest BCUT2D eigenvalue weighted by atomic mass is 10.1. The standard InChI is InChI=1S/C17H14FNS/c18-15-6-8-17(19)14(9-15)11-20-16-7-5-12-3-1-2-4-13(12)10-16/h1-10H,11,19H2. The Morgan fingerprint density at radius 1 is 0.900 bits per heavy atom. The van der Waals surface area contributed by atoms with Crippen LogP contribution in [-0.4, -0.2) is 0 Å². The summed E-state index contributed by atoms with van der Waals surface area (Å²) in [5.74, 6) is 0.426. The third-order valence-corrected chi connectivity index (χ3v) is 4.26. The van der Waals surface area contributed by atoms with Gasteiger partial charge in [0, 0.05) is 16.3 Å². The van der Waals surface area contributed by atoms with Gasteiger partial charge >= 0.3 is 0 Å². The summed E-state index contributed by atoms with van der Waals surface area (Å²) in [5.41, 5.74) is 7.34. The fourth-order valence-electron chi connectivity index (χ4n) is 2.12. The average molecular weight is 283 g/mol. The number of nitrogens with two attached hydrogens (primary N) is 1. The Morgan fingerprint density at radius 3 is 2.55 bits per heavy atom. The van der Waals surface area contributed by atoms with Crippen LogP contribution in [0.3, 0.4) is 0 Å². The number of hydrogen-bond acceptors (Lipinski definition) is 2. The summed E-state index contributed by atoms with van der Waals surface area (Å²) in [6.45, 7) is 0. The number of anilines is 1. The Balaban J connectivity index is 1.81. The van der Waals surface area contributed by atoms with Gasteiger partial charge in [0.1, 0.15) is 5.82 Å². The first-order chi connectivity index (χ1) is 9.72. The van der Waals surface area contributed by atoms with Gasteiger partial charge in [0.05, 0.1) is 0 Å². The largest absolute Gasteiger partial charge is 0.398 e. The molecule has 0 unspecified atom stereocenters. The summed E-state index contributed by atoms with van der Waals surface area (Å²) in [6.07, 6.45) is 0. The lowest BCUT2D eigenvalue weighted by Gasteiger charge is -2.07. The molecule has 3 rings (SSSR count). The van der Waals surface area contributed by atoms with Gasteiger partial charge in [-0.3, -0.25) is 0 Å². The van der Waals surface area contributed by atoms with Crippen molar-refractivity contribution in [2.75, 3.05) is 5.73 Å². The summed E-state index contributed by atoms with van der Waals surface area (Å²) in [7, 11) is 0. The summed E-state index contributed by atoms with van der Waals surface area (Å²) in [6, 6.07) is 19.1. The summed E-state index contributed by atoms with van der Waals surface area (Å²) in [5, 5.41) is 2.44. The van der Waals surface area contributed by atoms with E-state index in [2.05, 4.69) is 30.3 Å². The monoisotopic (exact) mass is 283 g/mol. The molecule has 0 fully saturated rings. The minimum atomic E-state index is -0.242. The van der Waals surface area contributed by atoms with Crippen molar-refractivity contribution in [3.63, 3.8) is 0 Å². The zero-order valence-corrected chi connectivity index (χ0v) is 11.7. The average Bonchev–Trinajstić information content (AvgIpc) is 2.48. The van der Waals surface area contributed by atoms with Crippen molar-refractivity contribution < 1.29 is 4.39 Å². The van der Waals surface area contributed by atoms with Gasteiger partial charge < -0.3 is 5.73 Å². The molecule has 0 amide bonds. The smallest absolute Gasteiger partial charge is 0.123 e. The third kappa shape index (κ3) is 2.78. The van der Waals surface area contributed by atoms with Gasteiger partial charge in [0.25, 0.3) is 0 Å². The molecule has 0 atom stereocenters. The molecule has 0 aromatic heterocycles. The second-order valence-corrected chi connectivity index (χ2v) is 5.69. The van der Waals surface area contributed by atoms with Crippen LogP contribution in [0.2, 0.25) is 0 Å². The maximum absolute atomic E-state index is 13.2. The van der Waals surface area contributed by atoms with Crippen LogP contribution in [0.15, 0.2) is 65.6 Å². The Kier molecular flexibility index (Phi) is 3.61. The number of hydrogen-bond donors (Lipinski definition) is 1. The van der Waals surface area contributed by atoms with E-state index in [0.717, 1.165) is 10.5 Å². The lowest BCUT2D eigenvalue weighted by Crippen LogP contribution is -1.93. The molecule has 0 radical (unpaired) electrons. The molecule has 20 heavy (non-hydrogen) atoms. The molecule has 0 saturated carbocycles. The van der Waals surface area contributed by atoms with E-state index in [9.17, 15) is 4.39 Å². The van der Waals surface area contributed by atoms with E-state index in [0.29, 0.717) is 11.4 Å². The normalized spacial score (nSPS) is 10.8. The molecule has 0 bridgehead atoms. The van der Waals surface area contributed by atoms with Crippen molar-refractivity contribution in [2.45, 2.75) is 10.6 Å². The molecule has 2 N–H and O–H groups in total. The Bertz CT molecular complexity index is 755. The Labute approximate surface area is 121 Å². The van der Waals surface area contributed by atoms with Crippen LogP contribution in [0.5, 0.6) is 0 Å². The highest BCUT2D eigenvalue weighted by molar-refractivity contribution is 7.98. The number of thioether (sulfide) groups is 1. The molecule has 0 saturated heterocycles. The SMILES string of the molecule is Nc1ccc(F)cc1CSc1ccc2ccccc2c1. The van der Waals surface area contributed by atoms with Crippen molar-refractivity contribution >= 4 is 28.2 Å². The van der Waals surface area contributed by atoms with Crippen molar-refractivity contribution in [3.05, 3.63) is 72.0 Å². The van der Waals surface area contributed by atoms with Crippen LogP contribution < -0.4 is 5.73 Å². The number of nitrogen functional groups attached to an aromatic ring is 1. The fourth-order valence-corrected chi connectivity index (χ4v) is 3.06. The molecule has 3 aromatic rings. The molecule has 0 aliphatic carbocycles. The van der Waals surface area contributed by atoms with Crippen molar-refractivity contribution in [3.8, 4) is 0 Å². The zero-order chi connectivity index (χ0) is 13.9. The van der Waals surface area contributed by atoms with Gasteiger partial charge in [-0.25, -0.2) is 4.39 Å². The highest BCUT2D eigenvalue weighted by Crippen LogP contribution is 2.28. The van der Waals surface area contributed by atoms with E-state index in [1.165, 1.54) is 22.9 Å². The molecule has 0 aliphatic heterocycles. The number of rotatable bonds is 3. The van der Waals surface area contributed by atoms with Gasteiger partial charge in [0.15, 0.2) is 0 Å². The molecule has 3 aromatic carbocycles. The lowest BCUT2D eigenvalue weighted by molar-refractivity contribution is 0.627. The predicted octanol–water partition coefficient (Wildman–Crippen LogP) is 4.85. The molecule has 1 nitrogen and oxygen atoms in total. The van der Waals surface area contributed by atoms with E-state index >= 15 is 0 Å². The van der Waals surface area contributed by atoms with E-state index in [-0.39, 0.29) is 5.82 Å². The summed E-state index contributed by atoms with van der Waals surface area (Å²) >= 11 is 1.66. The Morgan fingerprint density at radius 2 is 1.70 bits per heavy atom. The second kappa shape index (κ2) is 5.55. The van der Waals surface area contributed by atoms with Gasteiger partial charge in [-0.2, -0.15) is 0 Å². The van der Waals surface area contributed by atoms with E-state index < -0.39 is 0 Å². The van der Waals surface area contributed by atoms with Crippen LogP contribution in [0.4, 0.5) is 10.1 Å². The van der Waals surface area contributed by atoms with E-state index in [1.807, 2.05) is 12.1 Å². The maximum Gasteiger partial charge on any atom is 0.123 e. The Hall–Kier alpha value is -2.00. The molecular formula is C17H14FNS. The number of halogens is 1. The predicted molar refractivity (Wildman–Crippen MR) is 84.3 cm³/mol. The van der Waals surface area contributed by atoms with Crippen LogP contribution in [0, 0.1) is 5.82 Å². The van der Waals surface area contributed by atoms with Crippen LogP contribution in [0.25, 0.3) is 10.8 Å². The zero-order valence-electron chi connectivity index (χ0n) is 10.8. The van der Waals surface area contributed by atoms with Crippen molar-refractivity contribution in [1.29, 1.82) is 0 Å². The first-order valence-electron chi connectivity index (χ1n) is 6.38. The molecule has 100 valence electrons. The van der Waals surface area contributed by atoms with Crippen LogP contribution in [-0.2, 0) is 5.75 Å². The highest BCUT2D eigenvalue weighted by atomic mass is 32.2. The summed E-state index contributed by atoms with van der Waals surface area (Å²) in [4.78, 5) is 1.16. The first kappa shape index (κ1) is 13.0.